The highest BCUT2D eigenvalue weighted by atomic mass is 16.5. The van der Waals surface area contributed by atoms with Crippen LogP contribution >= 0.6 is 0 Å². The molecule has 0 bridgehead atoms. The number of rotatable bonds is 6. The molecule has 4 rings (SSSR count). The van der Waals surface area contributed by atoms with Gasteiger partial charge < -0.3 is 14.0 Å². The summed E-state index contributed by atoms with van der Waals surface area (Å²) < 4.78 is 13.8. The summed E-state index contributed by atoms with van der Waals surface area (Å²) in [5.41, 5.74) is 1.20. The molecule has 0 radical (unpaired) electrons. The molecule has 3 nitrogen and oxygen atoms in total. The van der Waals surface area contributed by atoms with Gasteiger partial charge in [0.15, 0.2) is 0 Å². The number of hydrogen-bond acceptors (Lipinski definition) is 2. The molecule has 0 amide bonds. The van der Waals surface area contributed by atoms with E-state index in [-0.39, 0.29) is 0 Å². The first-order valence-electron chi connectivity index (χ1n) is 8.67. The van der Waals surface area contributed by atoms with Gasteiger partial charge in [0, 0.05) is 22.5 Å². The third-order valence-electron chi connectivity index (χ3n) is 4.39. The Balaban J connectivity index is 1.49. The van der Waals surface area contributed by atoms with E-state index in [9.17, 15) is 0 Å². The lowest BCUT2D eigenvalue weighted by Gasteiger charge is -2.11. The highest BCUT2D eigenvalue weighted by Gasteiger charge is 2.05. The van der Waals surface area contributed by atoms with E-state index in [0.29, 0.717) is 13.2 Å². The van der Waals surface area contributed by atoms with Crippen molar-refractivity contribution in [2.75, 3.05) is 13.2 Å². The van der Waals surface area contributed by atoms with Crippen LogP contribution in [0, 0.1) is 0 Å². The minimum atomic E-state index is 0.630. The predicted molar refractivity (Wildman–Crippen MR) is 103 cm³/mol. The van der Waals surface area contributed by atoms with Crippen molar-refractivity contribution in [1.29, 1.82) is 0 Å². The van der Waals surface area contributed by atoms with Crippen LogP contribution in [0.15, 0.2) is 72.9 Å². The molecule has 0 atom stereocenters. The number of ether oxygens (including phenoxy) is 2. The molecule has 126 valence electrons. The maximum Gasteiger partial charge on any atom is 0.127 e. The third-order valence-corrected chi connectivity index (χ3v) is 4.39. The van der Waals surface area contributed by atoms with Crippen LogP contribution in [0.5, 0.6) is 11.5 Å². The SMILES string of the molecule is CCOc1ccc2c(ccn2CCOc2cccc3ccccc23)c1. The van der Waals surface area contributed by atoms with Gasteiger partial charge in [-0.1, -0.05) is 36.4 Å². The fourth-order valence-electron chi connectivity index (χ4n) is 3.21. The van der Waals surface area contributed by atoms with E-state index in [4.69, 9.17) is 9.47 Å². The van der Waals surface area contributed by atoms with Crippen LogP contribution in [-0.4, -0.2) is 17.8 Å². The molecule has 0 saturated heterocycles. The van der Waals surface area contributed by atoms with Gasteiger partial charge in [0.05, 0.1) is 13.2 Å². The lowest BCUT2D eigenvalue weighted by molar-refractivity contribution is 0.304. The van der Waals surface area contributed by atoms with Crippen molar-refractivity contribution in [3.05, 3.63) is 72.9 Å². The zero-order chi connectivity index (χ0) is 17.1. The van der Waals surface area contributed by atoms with Gasteiger partial charge in [0.2, 0.25) is 0 Å². The van der Waals surface area contributed by atoms with E-state index >= 15 is 0 Å². The van der Waals surface area contributed by atoms with Gasteiger partial charge in [0.1, 0.15) is 18.1 Å². The van der Waals surface area contributed by atoms with Crippen LogP contribution in [-0.2, 0) is 6.54 Å². The summed E-state index contributed by atoms with van der Waals surface area (Å²) in [6.45, 7) is 4.12. The van der Waals surface area contributed by atoms with Gasteiger partial charge in [-0.05, 0) is 42.6 Å². The van der Waals surface area contributed by atoms with Crippen LogP contribution < -0.4 is 9.47 Å². The second kappa shape index (κ2) is 6.89. The minimum absolute atomic E-state index is 0.630. The van der Waals surface area contributed by atoms with Gasteiger partial charge in [-0.3, -0.25) is 0 Å². The Morgan fingerprint density at radius 2 is 1.72 bits per heavy atom. The summed E-state index contributed by atoms with van der Waals surface area (Å²) in [6.07, 6.45) is 2.10. The van der Waals surface area contributed by atoms with Gasteiger partial charge in [-0.15, -0.1) is 0 Å². The van der Waals surface area contributed by atoms with Crippen LogP contribution in [0.25, 0.3) is 21.7 Å². The first-order chi connectivity index (χ1) is 12.3. The van der Waals surface area contributed by atoms with E-state index in [1.165, 1.54) is 16.3 Å². The van der Waals surface area contributed by atoms with Gasteiger partial charge in [-0.25, -0.2) is 0 Å². The maximum atomic E-state index is 6.06. The quantitative estimate of drug-likeness (QED) is 0.480. The Morgan fingerprint density at radius 1 is 0.840 bits per heavy atom. The molecule has 25 heavy (non-hydrogen) atoms. The molecule has 0 N–H and O–H groups in total. The Hall–Kier alpha value is -2.94. The summed E-state index contributed by atoms with van der Waals surface area (Å²) in [7, 11) is 0. The Kier molecular flexibility index (Phi) is 4.30. The average molecular weight is 331 g/mol. The van der Waals surface area contributed by atoms with Crippen LogP contribution in [0.1, 0.15) is 6.92 Å². The Bertz CT molecular complexity index is 998. The summed E-state index contributed by atoms with van der Waals surface area (Å²) in [6, 6.07) is 22.8. The lowest BCUT2D eigenvalue weighted by Crippen LogP contribution is -2.07. The van der Waals surface area contributed by atoms with Crippen LogP contribution in [0.4, 0.5) is 0 Å². The number of hydrogen-bond donors (Lipinski definition) is 0. The Morgan fingerprint density at radius 3 is 2.64 bits per heavy atom. The van der Waals surface area contributed by atoms with Gasteiger partial charge in [0.25, 0.3) is 0 Å². The van der Waals surface area contributed by atoms with E-state index < -0.39 is 0 Å². The van der Waals surface area contributed by atoms with E-state index in [1.54, 1.807) is 0 Å². The van der Waals surface area contributed by atoms with Crippen molar-refractivity contribution in [3.63, 3.8) is 0 Å². The van der Waals surface area contributed by atoms with E-state index in [1.807, 2.05) is 31.2 Å². The van der Waals surface area contributed by atoms with Crippen molar-refractivity contribution in [3.8, 4) is 11.5 Å². The number of benzene rings is 3. The van der Waals surface area contributed by atoms with Crippen molar-refractivity contribution < 1.29 is 9.47 Å². The second-order valence-corrected chi connectivity index (χ2v) is 5.99. The standard InChI is InChI=1S/C22H21NO2/c1-2-24-19-10-11-21-18(16-19)12-13-23(21)14-15-25-22-9-5-7-17-6-3-4-8-20(17)22/h3-13,16H,2,14-15H2,1H3. The molecule has 0 aliphatic carbocycles. The fourth-order valence-corrected chi connectivity index (χ4v) is 3.21. The molecule has 0 saturated carbocycles. The van der Waals surface area contributed by atoms with Gasteiger partial charge in [-0.2, -0.15) is 0 Å². The smallest absolute Gasteiger partial charge is 0.127 e. The van der Waals surface area contributed by atoms with E-state index in [2.05, 4.69) is 53.2 Å². The molecule has 4 aromatic rings. The van der Waals surface area contributed by atoms with Crippen molar-refractivity contribution in [2.24, 2.45) is 0 Å². The largest absolute Gasteiger partial charge is 0.494 e. The highest BCUT2D eigenvalue weighted by Crippen LogP contribution is 2.26. The summed E-state index contributed by atoms with van der Waals surface area (Å²) >= 11 is 0. The highest BCUT2D eigenvalue weighted by molar-refractivity contribution is 5.88. The maximum absolute atomic E-state index is 6.06. The normalized spacial score (nSPS) is 11.1. The zero-order valence-corrected chi connectivity index (χ0v) is 14.3. The first-order valence-corrected chi connectivity index (χ1v) is 8.67. The minimum Gasteiger partial charge on any atom is -0.494 e. The molecule has 3 heteroatoms. The second-order valence-electron chi connectivity index (χ2n) is 5.99. The first kappa shape index (κ1) is 15.6. The average Bonchev–Trinajstić information content (AvgIpc) is 3.05. The molecule has 1 aromatic heterocycles. The molecule has 0 spiro atoms. The molecule has 3 aromatic carbocycles. The topological polar surface area (TPSA) is 23.4 Å². The van der Waals surface area contributed by atoms with Crippen molar-refractivity contribution in [1.82, 2.24) is 4.57 Å². The number of nitrogens with zero attached hydrogens (tertiary/aromatic N) is 1. The molecular weight excluding hydrogens is 310 g/mol. The third kappa shape index (κ3) is 3.18. The monoisotopic (exact) mass is 331 g/mol. The molecule has 0 fully saturated rings. The molecule has 0 aliphatic heterocycles. The lowest BCUT2D eigenvalue weighted by atomic mass is 10.1. The Labute approximate surface area is 147 Å². The zero-order valence-electron chi connectivity index (χ0n) is 14.3. The number of aromatic nitrogens is 1. The van der Waals surface area contributed by atoms with Gasteiger partial charge >= 0.3 is 0 Å². The fraction of sp³-hybridized carbons (Fsp3) is 0.182. The molecule has 1 heterocycles. The molecular formula is C22H21NO2. The van der Waals surface area contributed by atoms with Crippen molar-refractivity contribution in [2.45, 2.75) is 13.5 Å². The number of fused-ring (bicyclic) bond motifs is 2. The van der Waals surface area contributed by atoms with E-state index in [0.717, 1.165) is 23.4 Å². The molecule has 0 unspecified atom stereocenters. The summed E-state index contributed by atoms with van der Waals surface area (Å²) in [5, 5.41) is 3.55. The summed E-state index contributed by atoms with van der Waals surface area (Å²) in [5.74, 6) is 1.85. The molecule has 0 aliphatic rings. The summed E-state index contributed by atoms with van der Waals surface area (Å²) in [4.78, 5) is 0. The van der Waals surface area contributed by atoms with Crippen molar-refractivity contribution >= 4 is 21.7 Å². The predicted octanol–water partition coefficient (Wildman–Crippen LogP) is 5.27. The van der Waals surface area contributed by atoms with Crippen LogP contribution in [0.2, 0.25) is 0 Å². The van der Waals surface area contributed by atoms with Crippen LogP contribution in [0.3, 0.4) is 0 Å².